The first kappa shape index (κ1) is 13.7. The Bertz CT molecular complexity index is 489. The third-order valence-electron chi connectivity index (χ3n) is 4.03. The van der Waals surface area contributed by atoms with Crippen molar-refractivity contribution in [2.24, 2.45) is 0 Å². The van der Waals surface area contributed by atoms with Crippen LogP contribution in [0.5, 0.6) is 11.5 Å². The highest BCUT2D eigenvalue weighted by molar-refractivity contribution is 5.85. The van der Waals surface area contributed by atoms with Crippen molar-refractivity contribution in [2.75, 3.05) is 21.3 Å². The van der Waals surface area contributed by atoms with Crippen molar-refractivity contribution in [1.82, 2.24) is 0 Å². The van der Waals surface area contributed by atoms with E-state index in [1.165, 1.54) is 7.11 Å². The Balaban J connectivity index is 2.52. The molecule has 0 bridgehead atoms. The molecule has 4 nitrogen and oxygen atoms in total. The molecule has 0 saturated heterocycles. The maximum absolute atomic E-state index is 12.1. The summed E-state index contributed by atoms with van der Waals surface area (Å²) in [4.78, 5) is 12.1. The first-order valence-corrected chi connectivity index (χ1v) is 6.40. The van der Waals surface area contributed by atoms with Gasteiger partial charge >= 0.3 is 5.97 Å². The van der Waals surface area contributed by atoms with Gasteiger partial charge in [0.05, 0.1) is 26.7 Å². The highest BCUT2D eigenvalue weighted by atomic mass is 16.5. The Morgan fingerprint density at radius 2 is 1.68 bits per heavy atom. The van der Waals surface area contributed by atoms with Crippen LogP contribution >= 0.6 is 0 Å². The van der Waals surface area contributed by atoms with E-state index in [2.05, 4.69) is 0 Å². The molecule has 0 radical (unpaired) electrons. The summed E-state index contributed by atoms with van der Waals surface area (Å²) >= 11 is 0. The summed E-state index contributed by atoms with van der Waals surface area (Å²) in [5.74, 6) is 1.18. The molecule has 0 heterocycles. The molecule has 0 N–H and O–H groups in total. The van der Waals surface area contributed by atoms with Crippen molar-refractivity contribution in [3.05, 3.63) is 23.3 Å². The molecule has 1 aliphatic carbocycles. The van der Waals surface area contributed by atoms with E-state index in [1.54, 1.807) is 14.2 Å². The smallest absolute Gasteiger partial charge is 0.316 e. The van der Waals surface area contributed by atoms with Crippen LogP contribution in [0.2, 0.25) is 0 Å². The number of carbonyl (C=O) groups excluding carboxylic acids is 1. The van der Waals surface area contributed by atoms with E-state index in [4.69, 9.17) is 14.2 Å². The van der Waals surface area contributed by atoms with Crippen LogP contribution < -0.4 is 9.47 Å². The summed E-state index contributed by atoms with van der Waals surface area (Å²) in [5.41, 5.74) is 1.52. The zero-order valence-electron chi connectivity index (χ0n) is 11.9. The Kier molecular flexibility index (Phi) is 3.69. The Labute approximate surface area is 113 Å². The predicted octanol–water partition coefficient (Wildman–Crippen LogP) is 2.61. The lowest BCUT2D eigenvalue weighted by molar-refractivity contribution is -0.151. The van der Waals surface area contributed by atoms with Gasteiger partial charge in [0, 0.05) is 0 Å². The van der Waals surface area contributed by atoms with Gasteiger partial charge in [-0.1, -0.05) is 6.42 Å². The third-order valence-corrected chi connectivity index (χ3v) is 4.03. The second-order valence-corrected chi connectivity index (χ2v) is 4.95. The normalized spacial score (nSPS) is 16.4. The monoisotopic (exact) mass is 264 g/mol. The van der Waals surface area contributed by atoms with Crippen LogP contribution in [0.4, 0.5) is 0 Å². The van der Waals surface area contributed by atoms with E-state index in [9.17, 15) is 4.79 Å². The second-order valence-electron chi connectivity index (χ2n) is 4.95. The van der Waals surface area contributed by atoms with Gasteiger partial charge in [-0.2, -0.15) is 0 Å². The van der Waals surface area contributed by atoms with Gasteiger partial charge in [-0.25, -0.2) is 0 Å². The van der Waals surface area contributed by atoms with Crippen LogP contribution in [-0.4, -0.2) is 27.3 Å². The standard InChI is InChI=1S/C15H20O4/c1-10-8-12(17-2)13(18-3)9-11(10)15(6-5-7-15)14(16)19-4/h8-9H,5-7H2,1-4H3. The van der Waals surface area contributed by atoms with Crippen molar-refractivity contribution in [2.45, 2.75) is 31.6 Å². The molecule has 1 aromatic rings. The molecular weight excluding hydrogens is 244 g/mol. The van der Waals surface area contributed by atoms with Crippen molar-refractivity contribution in [1.29, 1.82) is 0 Å². The largest absolute Gasteiger partial charge is 0.493 e. The van der Waals surface area contributed by atoms with Gasteiger partial charge in [0.1, 0.15) is 0 Å². The first-order valence-electron chi connectivity index (χ1n) is 6.40. The molecule has 0 spiro atoms. The molecule has 1 aliphatic rings. The van der Waals surface area contributed by atoms with Gasteiger partial charge in [0.15, 0.2) is 11.5 Å². The van der Waals surface area contributed by atoms with Crippen LogP contribution in [0, 0.1) is 6.92 Å². The number of rotatable bonds is 4. The number of aryl methyl sites for hydroxylation is 1. The Morgan fingerprint density at radius 3 is 2.11 bits per heavy atom. The quantitative estimate of drug-likeness (QED) is 0.784. The maximum atomic E-state index is 12.1. The summed E-state index contributed by atoms with van der Waals surface area (Å²) in [6.45, 7) is 1.99. The maximum Gasteiger partial charge on any atom is 0.316 e. The zero-order chi connectivity index (χ0) is 14.0. The molecule has 4 heteroatoms. The fraction of sp³-hybridized carbons (Fsp3) is 0.533. The molecule has 1 saturated carbocycles. The van der Waals surface area contributed by atoms with Crippen LogP contribution in [0.25, 0.3) is 0 Å². The second kappa shape index (κ2) is 5.11. The van der Waals surface area contributed by atoms with Gasteiger partial charge in [0.2, 0.25) is 0 Å². The molecular formula is C15H20O4. The molecule has 0 unspecified atom stereocenters. The SMILES string of the molecule is COC(=O)C1(c2cc(OC)c(OC)cc2C)CCC1. The van der Waals surface area contributed by atoms with Crippen LogP contribution in [0.3, 0.4) is 0 Å². The molecule has 0 atom stereocenters. The number of hydrogen-bond donors (Lipinski definition) is 0. The molecule has 1 aromatic carbocycles. The zero-order valence-corrected chi connectivity index (χ0v) is 11.9. The van der Waals surface area contributed by atoms with Crippen molar-refractivity contribution < 1.29 is 19.0 Å². The van der Waals surface area contributed by atoms with Crippen LogP contribution in [0.15, 0.2) is 12.1 Å². The average molecular weight is 264 g/mol. The van der Waals surface area contributed by atoms with E-state index >= 15 is 0 Å². The summed E-state index contributed by atoms with van der Waals surface area (Å²) in [6, 6.07) is 3.82. The third kappa shape index (κ3) is 2.05. The lowest BCUT2D eigenvalue weighted by atomic mass is 9.63. The van der Waals surface area contributed by atoms with Crippen LogP contribution in [0.1, 0.15) is 30.4 Å². The van der Waals surface area contributed by atoms with E-state index in [0.29, 0.717) is 11.5 Å². The van der Waals surface area contributed by atoms with Gasteiger partial charge in [0.25, 0.3) is 0 Å². The number of hydrogen-bond acceptors (Lipinski definition) is 4. The first-order chi connectivity index (χ1) is 9.08. The summed E-state index contributed by atoms with van der Waals surface area (Å²) in [6.07, 6.45) is 2.70. The molecule has 0 aromatic heterocycles. The molecule has 1 fully saturated rings. The molecule has 19 heavy (non-hydrogen) atoms. The fourth-order valence-electron chi connectivity index (χ4n) is 2.81. The number of carbonyl (C=O) groups is 1. The van der Waals surface area contributed by atoms with Crippen molar-refractivity contribution >= 4 is 5.97 Å². The minimum absolute atomic E-state index is 0.158. The van der Waals surface area contributed by atoms with E-state index in [1.807, 2.05) is 19.1 Å². The minimum atomic E-state index is -0.502. The van der Waals surface area contributed by atoms with Gasteiger partial charge in [-0.15, -0.1) is 0 Å². The van der Waals surface area contributed by atoms with Gasteiger partial charge in [-0.3, -0.25) is 4.79 Å². The topological polar surface area (TPSA) is 44.8 Å². The summed E-state index contributed by atoms with van der Waals surface area (Å²) < 4.78 is 15.6. The van der Waals surface area contributed by atoms with Gasteiger partial charge < -0.3 is 14.2 Å². The lowest BCUT2D eigenvalue weighted by Crippen LogP contribution is -2.43. The minimum Gasteiger partial charge on any atom is -0.493 e. The average Bonchev–Trinajstić information content (AvgIpc) is 2.38. The van der Waals surface area contributed by atoms with Crippen LogP contribution in [-0.2, 0) is 14.9 Å². The summed E-state index contributed by atoms with van der Waals surface area (Å²) in [5, 5.41) is 0. The van der Waals surface area contributed by atoms with E-state index < -0.39 is 5.41 Å². The summed E-state index contributed by atoms with van der Waals surface area (Å²) in [7, 11) is 4.65. The highest BCUT2D eigenvalue weighted by Crippen LogP contribution is 2.48. The van der Waals surface area contributed by atoms with Crippen molar-refractivity contribution in [3.8, 4) is 11.5 Å². The predicted molar refractivity (Wildman–Crippen MR) is 71.8 cm³/mol. The number of ether oxygens (including phenoxy) is 3. The van der Waals surface area contributed by atoms with E-state index in [0.717, 1.165) is 30.4 Å². The van der Waals surface area contributed by atoms with Gasteiger partial charge in [-0.05, 0) is 43.0 Å². The fourth-order valence-corrected chi connectivity index (χ4v) is 2.81. The number of esters is 1. The molecule has 2 rings (SSSR count). The molecule has 0 aliphatic heterocycles. The van der Waals surface area contributed by atoms with E-state index in [-0.39, 0.29) is 5.97 Å². The highest BCUT2D eigenvalue weighted by Gasteiger charge is 2.48. The van der Waals surface area contributed by atoms with Crippen molar-refractivity contribution in [3.63, 3.8) is 0 Å². The molecule has 0 amide bonds. The number of methoxy groups -OCH3 is 3. The number of benzene rings is 1. The molecule has 104 valence electrons. The Hall–Kier alpha value is -1.71. The Morgan fingerprint density at radius 1 is 1.11 bits per heavy atom. The lowest BCUT2D eigenvalue weighted by Gasteiger charge is -2.40.